The molecule has 0 aliphatic carbocycles. The Bertz CT molecular complexity index is 793. The summed E-state index contributed by atoms with van der Waals surface area (Å²) in [5.41, 5.74) is 4.19. The molecule has 28 heavy (non-hydrogen) atoms. The van der Waals surface area contributed by atoms with Crippen LogP contribution < -0.4 is 4.74 Å². The van der Waals surface area contributed by atoms with Crippen molar-refractivity contribution in [2.24, 2.45) is 0 Å². The summed E-state index contributed by atoms with van der Waals surface area (Å²) in [4.78, 5) is 15.1. The van der Waals surface area contributed by atoms with Gasteiger partial charge in [-0.25, -0.2) is 0 Å². The maximum absolute atomic E-state index is 13.2. The highest BCUT2D eigenvalue weighted by atomic mass is 16.5. The van der Waals surface area contributed by atoms with E-state index in [1.807, 2.05) is 35.2 Å². The Labute approximate surface area is 168 Å². The third kappa shape index (κ3) is 4.56. The van der Waals surface area contributed by atoms with Crippen LogP contribution in [0, 0.1) is 0 Å². The van der Waals surface area contributed by atoms with E-state index in [-0.39, 0.29) is 17.7 Å². The van der Waals surface area contributed by atoms with Gasteiger partial charge >= 0.3 is 0 Å². The first-order valence-electron chi connectivity index (χ1n) is 10.2. The SMILES string of the molecule is CC(C)c1c(OCc2ccccc2)ccc(C(=O)N2CCOCC2)c1C(C)C. The van der Waals surface area contributed by atoms with E-state index in [1.54, 1.807) is 0 Å². The molecule has 0 saturated carbocycles. The van der Waals surface area contributed by atoms with Gasteiger partial charge in [-0.2, -0.15) is 0 Å². The molecule has 2 aromatic rings. The molecule has 1 fully saturated rings. The molecular formula is C24H31NO3. The fourth-order valence-electron chi connectivity index (χ4n) is 3.82. The first kappa shape index (κ1) is 20.4. The monoisotopic (exact) mass is 381 g/mol. The first-order chi connectivity index (χ1) is 13.5. The van der Waals surface area contributed by atoms with Crippen LogP contribution in [0.1, 0.15) is 66.6 Å². The lowest BCUT2D eigenvalue weighted by atomic mass is 9.85. The van der Waals surface area contributed by atoms with Crippen molar-refractivity contribution in [2.75, 3.05) is 26.3 Å². The smallest absolute Gasteiger partial charge is 0.254 e. The van der Waals surface area contributed by atoms with E-state index in [0.717, 1.165) is 28.0 Å². The second kappa shape index (κ2) is 9.24. The van der Waals surface area contributed by atoms with Gasteiger partial charge in [0.15, 0.2) is 0 Å². The Kier molecular flexibility index (Phi) is 6.74. The molecule has 1 heterocycles. The van der Waals surface area contributed by atoms with E-state index in [4.69, 9.17) is 9.47 Å². The van der Waals surface area contributed by atoms with Crippen LogP contribution in [0.15, 0.2) is 42.5 Å². The highest BCUT2D eigenvalue weighted by Gasteiger charge is 2.26. The van der Waals surface area contributed by atoms with Crippen molar-refractivity contribution in [3.63, 3.8) is 0 Å². The van der Waals surface area contributed by atoms with Gasteiger partial charge in [-0.1, -0.05) is 58.0 Å². The van der Waals surface area contributed by atoms with Gasteiger partial charge in [-0.15, -0.1) is 0 Å². The molecule has 150 valence electrons. The quantitative estimate of drug-likeness (QED) is 0.708. The molecular weight excluding hydrogens is 350 g/mol. The average molecular weight is 382 g/mol. The molecule has 0 radical (unpaired) electrons. The van der Waals surface area contributed by atoms with Crippen LogP contribution in [0.5, 0.6) is 5.75 Å². The molecule has 1 amide bonds. The number of nitrogens with zero attached hydrogens (tertiary/aromatic N) is 1. The molecule has 3 rings (SSSR count). The molecule has 1 aliphatic rings. The Hall–Kier alpha value is -2.33. The molecule has 2 aromatic carbocycles. The number of carbonyl (C=O) groups is 1. The molecule has 0 spiro atoms. The zero-order valence-corrected chi connectivity index (χ0v) is 17.4. The molecule has 0 atom stereocenters. The van der Waals surface area contributed by atoms with Crippen molar-refractivity contribution >= 4 is 5.91 Å². The second-order valence-corrected chi connectivity index (χ2v) is 7.93. The number of ether oxygens (including phenoxy) is 2. The molecule has 0 aromatic heterocycles. The highest BCUT2D eigenvalue weighted by molar-refractivity contribution is 5.96. The summed E-state index contributed by atoms with van der Waals surface area (Å²) in [6.45, 7) is 11.7. The molecule has 1 aliphatic heterocycles. The van der Waals surface area contributed by atoms with E-state index in [0.29, 0.717) is 32.9 Å². The van der Waals surface area contributed by atoms with Crippen LogP contribution >= 0.6 is 0 Å². The fourth-order valence-corrected chi connectivity index (χ4v) is 3.82. The average Bonchev–Trinajstić information content (AvgIpc) is 2.72. The third-order valence-corrected chi connectivity index (χ3v) is 5.17. The van der Waals surface area contributed by atoms with Crippen molar-refractivity contribution < 1.29 is 14.3 Å². The number of hydrogen-bond acceptors (Lipinski definition) is 3. The van der Waals surface area contributed by atoms with Gasteiger partial charge in [-0.05, 0) is 35.1 Å². The van der Waals surface area contributed by atoms with E-state index in [2.05, 4.69) is 39.8 Å². The van der Waals surface area contributed by atoms with Gasteiger partial charge in [0.25, 0.3) is 5.91 Å². The predicted molar refractivity (Wildman–Crippen MR) is 112 cm³/mol. The third-order valence-electron chi connectivity index (χ3n) is 5.17. The highest BCUT2D eigenvalue weighted by Crippen LogP contribution is 2.37. The molecule has 0 N–H and O–H groups in total. The summed E-state index contributed by atoms with van der Waals surface area (Å²) in [7, 11) is 0. The van der Waals surface area contributed by atoms with Crippen LogP contribution in [-0.2, 0) is 11.3 Å². The molecule has 4 heteroatoms. The molecule has 4 nitrogen and oxygen atoms in total. The largest absolute Gasteiger partial charge is 0.489 e. The Morgan fingerprint density at radius 1 is 0.964 bits per heavy atom. The lowest BCUT2D eigenvalue weighted by Crippen LogP contribution is -2.41. The van der Waals surface area contributed by atoms with Crippen LogP contribution in [0.3, 0.4) is 0 Å². The summed E-state index contributed by atoms with van der Waals surface area (Å²) in [6.07, 6.45) is 0. The number of morpholine rings is 1. The van der Waals surface area contributed by atoms with Gasteiger partial charge < -0.3 is 14.4 Å². The summed E-state index contributed by atoms with van der Waals surface area (Å²) >= 11 is 0. The van der Waals surface area contributed by atoms with Crippen molar-refractivity contribution in [1.82, 2.24) is 4.90 Å². The lowest BCUT2D eigenvalue weighted by Gasteiger charge is -2.30. The van der Waals surface area contributed by atoms with Crippen molar-refractivity contribution in [2.45, 2.75) is 46.1 Å². The standard InChI is InChI=1S/C24H31NO3/c1-17(2)22-20(24(26)25-12-14-27-15-13-25)10-11-21(23(22)18(3)4)28-16-19-8-6-5-7-9-19/h5-11,17-18H,12-16H2,1-4H3. The molecule has 0 unspecified atom stereocenters. The van der Waals surface area contributed by atoms with E-state index < -0.39 is 0 Å². The Balaban J connectivity index is 1.95. The second-order valence-electron chi connectivity index (χ2n) is 7.93. The number of benzene rings is 2. The summed E-state index contributed by atoms with van der Waals surface area (Å²) < 4.78 is 11.6. The predicted octanol–water partition coefficient (Wildman–Crippen LogP) is 4.98. The van der Waals surface area contributed by atoms with Crippen LogP contribution in [0.25, 0.3) is 0 Å². The van der Waals surface area contributed by atoms with E-state index in [9.17, 15) is 4.79 Å². The zero-order chi connectivity index (χ0) is 20.1. The van der Waals surface area contributed by atoms with Crippen molar-refractivity contribution in [3.8, 4) is 5.75 Å². The van der Waals surface area contributed by atoms with Gasteiger partial charge in [0.05, 0.1) is 13.2 Å². The zero-order valence-electron chi connectivity index (χ0n) is 17.4. The Morgan fingerprint density at radius 3 is 2.21 bits per heavy atom. The van der Waals surface area contributed by atoms with Crippen LogP contribution in [0.2, 0.25) is 0 Å². The number of carbonyl (C=O) groups excluding carboxylic acids is 1. The van der Waals surface area contributed by atoms with Gasteiger partial charge in [0, 0.05) is 24.2 Å². The van der Waals surface area contributed by atoms with E-state index >= 15 is 0 Å². The minimum atomic E-state index is 0.100. The lowest BCUT2D eigenvalue weighted by molar-refractivity contribution is 0.0302. The Morgan fingerprint density at radius 2 is 1.61 bits per heavy atom. The van der Waals surface area contributed by atoms with Crippen LogP contribution in [0.4, 0.5) is 0 Å². The van der Waals surface area contributed by atoms with Gasteiger partial charge in [-0.3, -0.25) is 4.79 Å². The maximum Gasteiger partial charge on any atom is 0.254 e. The molecule has 1 saturated heterocycles. The van der Waals surface area contributed by atoms with Gasteiger partial charge in [0.1, 0.15) is 12.4 Å². The summed E-state index contributed by atoms with van der Waals surface area (Å²) in [5.74, 6) is 1.47. The van der Waals surface area contributed by atoms with Crippen molar-refractivity contribution in [3.05, 3.63) is 64.7 Å². The van der Waals surface area contributed by atoms with E-state index in [1.165, 1.54) is 0 Å². The van der Waals surface area contributed by atoms with Crippen molar-refractivity contribution in [1.29, 1.82) is 0 Å². The molecule has 0 bridgehead atoms. The normalized spacial score (nSPS) is 14.6. The minimum absolute atomic E-state index is 0.100. The number of rotatable bonds is 6. The summed E-state index contributed by atoms with van der Waals surface area (Å²) in [6, 6.07) is 14.1. The maximum atomic E-state index is 13.2. The topological polar surface area (TPSA) is 38.8 Å². The van der Waals surface area contributed by atoms with Gasteiger partial charge in [0.2, 0.25) is 0 Å². The fraction of sp³-hybridized carbons (Fsp3) is 0.458. The number of hydrogen-bond donors (Lipinski definition) is 0. The van der Waals surface area contributed by atoms with Crippen LogP contribution in [-0.4, -0.2) is 37.1 Å². The first-order valence-corrected chi connectivity index (χ1v) is 10.2. The number of amides is 1. The summed E-state index contributed by atoms with van der Waals surface area (Å²) in [5, 5.41) is 0. The minimum Gasteiger partial charge on any atom is -0.489 e.